The predicted octanol–water partition coefficient (Wildman–Crippen LogP) is 2.29. The lowest BCUT2D eigenvalue weighted by Gasteiger charge is -2.35. The van der Waals surface area contributed by atoms with Crippen molar-refractivity contribution >= 4 is 35.8 Å². The highest BCUT2D eigenvalue weighted by Crippen LogP contribution is 2.21. The molecule has 0 radical (unpaired) electrons. The molecule has 1 saturated heterocycles. The van der Waals surface area contributed by atoms with Crippen LogP contribution >= 0.6 is 24.0 Å². The van der Waals surface area contributed by atoms with Gasteiger partial charge in [-0.15, -0.1) is 24.0 Å². The smallest absolute Gasteiger partial charge is 0.242 e. The minimum atomic E-state index is -0.289. The largest absolute Gasteiger partial charge is 0.379 e. The number of amides is 1. The first-order valence-electron chi connectivity index (χ1n) is 10.2. The molecule has 3 N–H and O–H groups in total. The third-order valence-electron chi connectivity index (χ3n) is 4.44. The maximum atomic E-state index is 13.4. The van der Waals surface area contributed by atoms with Gasteiger partial charge in [0.05, 0.1) is 19.3 Å². The van der Waals surface area contributed by atoms with Crippen molar-refractivity contribution in [2.45, 2.75) is 39.3 Å². The topological polar surface area (TPSA) is 78.0 Å². The summed E-state index contributed by atoms with van der Waals surface area (Å²) >= 11 is 0. The van der Waals surface area contributed by atoms with Gasteiger partial charge in [0.1, 0.15) is 12.4 Å². The van der Waals surface area contributed by atoms with Gasteiger partial charge in [-0.05, 0) is 45.4 Å². The summed E-state index contributed by atoms with van der Waals surface area (Å²) in [4.78, 5) is 18.8. The Kier molecular flexibility index (Phi) is 11.6. The first kappa shape index (κ1) is 26.6. The number of nitrogens with zero attached hydrogens (tertiary/aromatic N) is 2. The predicted molar refractivity (Wildman–Crippen MR) is 129 cm³/mol. The van der Waals surface area contributed by atoms with Crippen molar-refractivity contribution in [1.82, 2.24) is 20.9 Å². The summed E-state index contributed by atoms with van der Waals surface area (Å²) in [7, 11) is 0. The summed E-state index contributed by atoms with van der Waals surface area (Å²) in [5.74, 6) is 0.206. The lowest BCUT2D eigenvalue weighted by molar-refractivity contribution is -0.121. The lowest BCUT2D eigenvalue weighted by atomic mass is 10.0. The van der Waals surface area contributed by atoms with E-state index in [1.165, 1.54) is 12.1 Å². The Morgan fingerprint density at radius 3 is 2.40 bits per heavy atom. The van der Waals surface area contributed by atoms with E-state index in [2.05, 4.69) is 25.8 Å². The van der Waals surface area contributed by atoms with E-state index in [0.29, 0.717) is 32.3 Å². The fourth-order valence-electron chi connectivity index (χ4n) is 3.18. The summed E-state index contributed by atoms with van der Waals surface area (Å²) < 4.78 is 18.9. The zero-order valence-corrected chi connectivity index (χ0v) is 20.7. The van der Waals surface area contributed by atoms with Crippen LogP contribution in [0.15, 0.2) is 29.3 Å². The van der Waals surface area contributed by atoms with Crippen LogP contribution in [0.1, 0.15) is 39.3 Å². The first-order chi connectivity index (χ1) is 13.8. The number of rotatable bonds is 7. The van der Waals surface area contributed by atoms with Crippen molar-refractivity contribution in [3.63, 3.8) is 0 Å². The van der Waals surface area contributed by atoms with Gasteiger partial charge < -0.3 is 20.7 Å². The molecule has 1 aliphatic rings. The minimum Gasteiger partial charge on any atom is -0.379 e. The van der Waals surface area contributed by atoms with Gasteiger partial charge in [0.15, 0.2) is 5.96 Å². The molecule has 7 nitrogen and oxygen atoms in total. The van der Waals surface area contributed by atoms with Crippen LogP contribution in [0.3, 0.4) is 0 Å². The zero-order chi connectivity index (χ0) is 21.3. The zero-order valence-electron chi connectivity index (χ0n) is 18.3. The number of morpholine rings is 1. The summed E-state index contributed by atoms with van der Waals surface area (Å²) in [6.07, 6.45) is 0. The molecule has 1 amide bonds. The molecule has 30 heavy (non-hydrogen) atoms. The number of hydrogen-bond donors (Lipinski definition) is 3. The van der Waals surface area contributed by atoms with Crippen LogP contribution in [0.4, 0.5) is 4.39 Å². The van der Waals surface area contributed by atoms with Crippen LogP contribution in [-0.2, 0) is 9.53 Å². The van der Waals surface area contributed by atoms with Gasteiger partial charge in [0.2, 0.25) is 5.91 Å². The van der Waals surface area contributed by atoms with Crippen molar-refractivity contribution < 1.29 is 13.9 Å². The van der Waals surface area contributed by atoms with Crippen LogP contribution in [-0.4, -0.2) is 68.2 Å². The quantitative estimate of drug-likeness (QED) is 0.284. The van der Waals surface area contributed by atoms with E-state index >= 15 is 0 Å². The van der Waals surface area contributed by atoms with E-state index < -0.39 is 0 Å². The van der Waals surface area contributed by atoms with Gasteiger partial charge in [-0.1, -0.05) is 12.1 Å². The summed E-state index contributed by atoms with van der Waals surface area (Å²) in [6, 6.07) is 6.65. The molecule has 1 heterocycles. The van der Waals surface area contributed by atoms with Crippen molar-refractivity contribution in [3.05, 3.63) is 35.6 Å². The molecule has 0 saturated carbocycles. The number of ether oxygens (including phenoxy) is 1. The monoisotopic (exact) mass is 535 g/mol. The Morgan fingerprint density at radius 2 is 1.83 bits per heavy atom. The molecular weight excluding hydrogens is 500 g/mol. The van der Waals surface area contributed by atoms with E-state index in [1.807, 2.05) is 39.8 Å². The molecule has 9 heteroatoms. The molecule has 1 aliphatic heterocycles. The highest BCUT2D eigenvalue weighted by molar-refractivity contribution is 14.0. The van der Waals surface area contributed by atoms with Crippen LogP contribution in [0.2, 0.25) is 0 Å². The normalized spacial score (nSPS) is 16.4. The number of carbonyl (C=O) groups is 1. The summed E-state index contributed by atoms with van der Waals surface area (Å²) in [5, 5.41) is 9.41. The second-order valence-electron chi connectivity index (χ2n) is 8.09. The minimum absolute atomic E-state index is 0. The maximum Gasteiger partial charge on any atom is 0.242 e. The highest BCUT2D eigenvalue weighted by Gasteiger charge is 2.23. The molecular formula is C21H35FIN5O2. The average molecular weight is 535 g/mol. The molecule has 1 fully saturated rings. The number of benzene rings is 1. The summed E-state index contributed by atoms with van der Waals surface area (Å²) in [6.45, 7) is 12.1. The third kappa shape index (κ3) is 9.57. The van der Waals surface area contributed by atoms with Crippen LogP contribution < -0.4 is 16.0 Å². The molecule has 170 valence electrons. The Balaban J connectivity index is 0.00000450. The Morgan fingerprint density at radius 1 is 1.20 bits per heavy atom. The molecule has 1 aromatic rings. The molecule has 1 aromatic carbocycles. The van der Waals surface area contributed by atoms with Gasteiger partial charge in [-0.2, -0.15) is 0 Å². The standard InChI is InChI=1S/C21H34FN5O2.HI/c1-5-23-20(25-15-19(28)26-21(2,3)4)24-14-18(27-10-12-29-13-11-27)16-6-8-17(22)9-7-16;/h6-9,18H,5,10-15H2,1-4H3,(H,26,28)(H2,23,24,25);1H. The van der Waals surface area contributed by atoms with Gasteiger partial charge in [0.25, 0.3) is 0 Å². The van der Waals surface area contributed by atoms with Crippen molar-refractivity contribution in [1.29, 1.82) is 0 Å². The number of nitrogens with one attached hydrogen (secondary N) is 3. The molecule has 0 aliphatic carbocycles. The SMILES string of the molecule is CCNC(=NCC(=O)NC(C)(C)C)NCC(c1ccc(F)cc1)N1CCOCC1.I. The van der Waals surface area contributed by atoms with E-state index in [9.17, 15) is 9.18 Å². The van der Waals surface area contributed by atoms with Gasteiger partial charge in [0, 0.05) is 31.7 Å². The summed E-state index contributed by atoms with van der Waals surface area (Å²) in [5.41, 5.74) is 0.740. The fourth-order valence-corrected chi connectivity index (χ4v) is 3.18. The number of carbonyl (C=O) groups excluding carboxylic acids is 1. The molecule has 0 aromatic heterocycles. The van der Waals surface area contributed by atoms with E-state index in [1.54, 1.807) is 0 Å². The Labute approximate surface area is 196 Å². The van der Waals surface area contributed by atoms with Gasteiger partial charge in [-0.3, -0.25) is 9.69 Å². The number of halogens is 2. The lowest BCUT2D eigenvalue weighted by Crippen LogP contribution is -2.47. The molecule has 0 spiro atoms. The van der Waals surface area contributed by atoms with E-state index in [-0.39, 0.29) is 53.8 Å². The molecule has 0 bridgehead atoms. The van der Waals surface area contributed by atoms with Crippen LogP contribution in [0.25, 0.3) is 0 Å². The van der Waals surface area contributed by atoms with Crippen molar-refractivity contribution in [3.8, 4) is 0 Å². The van der Waals surface area contributed by atoms with E-state index in [4.69, 9.17) is 4.74 Å². The third-order valence-corrected chi connectivity index (χ3v) is 4.44. The van der Waals surface area contributed by atoms with Gasteiger partial charge in [-0.25, -0.2) is 9.38 Å². The van der Waals surface area contributed by atoms with Crippen molar-refractivity contribution in [2.24, 2.45) is 4.99 Å². The Bertz CT molecular complexity index is 673. The van der Waals surface area contributed by atoms with E-state index in [0.717, 1.165) is 18.7 Å². The van der Waals surface area contributed by atoms with Gasteiger partial charge >= 0.3 is 0 Å². The first-order valence-corrected chi connectivity index (χ1v) is 10.2. The number of hydrogen-bond acceptors (Lipinski definition) is 4. The number of guanidine groups is 1. The van der Waals surface area contributed by atoms with Crippen molar-refractivity contribution in [2.75, 3.05) is 45.9 Å². The maximum absolute atomic E-state index is 13.4. The molecule has 1 atom stereocenters. The average Bonchev–Trinajstić information content (AvgIpc) is 2.67. The second-order valence-corrected chi connectivity index (χ2v) is 8.09. The highest BCUT2D eigenvalue weighted by atomic mass is 127. The number of aliphatic imine (C=N–C) groups is 1. The van der Waals surface area contributed by atoms with Crippen LogP contribution in [0, 0.1) is 5.82 Å². The molecule has 2 rings (SSSR count). The molecule has 1 unspecified atom stereocenters. The van der Waals surface area contributed by atoms with Crippen LogP contribution in [0.5, 0.6) is 0 Å². The fraction of sp³-hybridized carbons (Fsp3) is 0.619. The second kappa shape index (κ2) is 13.1. The Hall–Kier alpha value is -1.46.